The maximum atomic E-state index is 13.3. The highest BCUT2D eigenvalue weighted by Gasteiger charge is 2.34. The van der Waals surface area contributed by atoms with Gasteiger partial charge in [0.2, 0.25) is 11.9 Å². The summed E-state index contributed by atoms with van der Waals surface area (Å²) >= 11 is 6.49. The number of nitrogens with zero attached hydrogens (tertiary/aromatic N) is 5. The van der Waals surface area contributed by atoms with Gasteiger partial charge in [-0.1, -0.05) is 30.2 Å². The highest BCUT2D eigenvalue weighted by molar-refractivity contribution is 7.92. The number of ether oxygens (including phenoxy) is 1. The van der Waals surface area contributed by atoms with E-state index in [2.05, 4.69) is 20.6 Å². The summed E-state index contributed by atoms with van der Waals surface area (Å²) in [4.78, 5) is 25.5. The fourth-order valence-corrected chi connectivity index (χ4v) is 8.32. The minimum Gasteiger partial charge on any atom is -0.494 e. The van der Waals surface area contributed by atoms with E-state index in [4.69, 9.17) is 16.3 Å². The number of likely N-dealkylation sites (tertiary alicyclic amines) is 1. The number of aromatic nitrogens is 3. The van der Waals surface area contributed by atoms with Gasteiger partial charge in [-0.15, -0.1) is 0 Å². The summed E-state index contributed by atoms with van der Waals surface area (Å²) in [5, 5.41) is 19.0. The number of nitrogens with one attached hydrogen (secondary N) is 2. The average molecular weight is 696 g/mol. The zero-order valence-corrected chi connectivity index (χ0v) is 29.2. The number of rotatable bonds is 11. The zero-order chi connectivity index (χ0) is 34.2. The quantitative estimate of drug-likeness (QED) is 0.168. The molecule has 0 atom stereocenters. The third-order valence-corrected chi connectivity index (χ3v) is 11.5. The SMILES string of the molecule is CC(C)Oc1cc2cn(C3CCN(C(=O)CN(C)C)CC3)c(O)c2cc1Nc1ncc(Cl)c(Nc2ccccc2S(=O)(=O)C2CCC2)n1. The molecule has 3 N–H and O–H groups in total. The first-order chi connectivity index (χ1) is 22.9. The summed E-state index contributed by atoms with van der Waals surface area (Å²) in [6.45, 7) is 5.49. The van der Waals surface area contributed by atoms with Crippen molar-refractivity contribution in [3.63, 3.8) is 0 Å². The van der Waals surface area contributed by atoms with Crippen LogP contribution in [0.4, 0.5) is 23.1 Å². The second kappa shape index (κ2) is 13.8. The molecule has 1 aliphatic heterocycles. The minimum absolute atomic E-state index is 0.0379. The second-order valence-electron chi connectivity index (χ2n) is 13.0. The van der Waals surface area contributed by atoms with Gasteiger partial charge in [0.15, 0.2) is 21.5 Å². The minimum atomic E-state index is -3.51. The molecule has 0 unspecified atom stereocenters. The van der Waals surface area contributed by atoms with Crippen molar-refractivity contribution in [3.8, 4) is 11.6 Å². The largest absolute Gasteiger partial charge is 0.494 e. The maximum Gasteiger partial charge on any atom is 0.236 e. The van der Waals surface area contributed by atoms with Crippen LogP contribution in [0.1, 0.15) is 52.0 Å². The molecule has 1 saturated carbocycles. The second-order valence-corrected chi connectivity index (χ2v) is 15.6. The lowest BCUT2D eigenvalue weighted by atomic mass is 10.00. The summed E-state index contributed by atoms with van der Waals surface area (Å²) in [6, 6.07) is 10.5. The van der Waals surface area contributed by atoms with Gasteiger partial charge in [0.1, 0.15) is 10.8 Å². The van der Waals surface area contributed by atoms with Gasteiger partial charge in [0.25, 0.3) is 0 Å². The van der Waals surface area contributed by atoms with Gasteiger partial charge in [-0.05, 0) is 77.9 Å². The molecule has 2 aliphatic rings. The Balaban J connectivity index is 1.27. The number of anilines is 4. The van der Waals surface area contributed by atoms with Crippen LogP contribution in [0.3, 0.4) is 0 Å². The van der Waals surface area contributed by atoms with Crippen LogP contribution in [-0.4, -0.2) is 88.8 Å². The van der Waals surface area contributed by atoms with Gasteiger partial charge in [-0.25, -0.2) is 13.4 Å². The fourth-order valence-electron chi connectivity index (χ4n) is 6.18. The molecule has 1 aliphatic carbocycles. The summed E-state index contributed by atoms with van der Waals surface area (Å²) in [5.74, 6) is 1.22. The number of carbonyl (C=O) groups is 1. The maximum absolute atomic E-state index is 13.3. The normalized spacial score (nSPS) is 16.0. The number of amides is 1. The Morgan fingerprint density at radius 2 is 1.83 bits per heavy atom. The first-order valence-electron chi connectivity index (χ1n) is 16.3. The third-order valence-electron chi connectivity index (χ3n) is 8.87. The third kappa shape index (κ3) is 7.03. The van der Waals surface area contributed by atoms with Crippen LogP contribution in [0.2, 0.25) is 5.02 Å². The summed E-state index contributed by atoms with van der Waals surface area (Å²) < 4.78 is 34.6. The standard InChI is InChI=1S/C34H42ClN7O5S/c1-21(2)47-29-16-22-19-42(23-12-14-41(15-13-23)31(43)20-40(3)4)33(44)25(22)17-28(29)38-34-36-18-26(35)32(39-34)37-27-10-5-6-11-30(27)48(45,46)24-8-7-9-24/h5-6,10-11,16-19,21,23-24,44H,7-9,12-15,20H2,1-4H3,(H2,36,37,38,39). The van der Waals surface area contributed by atoms with Crippen molar-refractivity contribution in [1.29, 1.82) is 0 Å². The topological polar surface area (TPSA) is 142 Å². The number of piperidine rings is 1. The number of aromatic hydroxyl groups is 1. The van der Waals surface area contributed by atoms with Gasteiger partial charge in [0, 0.05) is 36.1 Å². The molecule has 6 rings (SSSR count). The molecule has 256 valence electrons. The van der Waals surface area contributed by atoms with E-state index in [-0.39, 0.29) is 50.9 Å². The first kappa shape index (κ1) is 33.8. The smallest absolute Gasteiger partial charge is 0.236 e. The molecule has 4 aromatic rings. The van der Waals surface area contributed by atoms with Crippen molar-refractivity contribution >= 4 is 61.3 Å². The lowest BCUT2D eigenvalue weighted by Crippen LogP contribution is -2.42. The molecule has 2 fully saturated rings. The zero-order valence-electron chi connectivity index (χ0n) is 27.6. The van der Waals surface area contributed by atoms with Gasteiger partial charge in [-0.2, -0.15) is 4.98 Å². The van der Waals surface area contributed by atoms with Crippen molar-refractivity contribution in [2.45, 2.75) is 68.2 Å². The number of hydrogen-bond acceptors (Lipinski definition) is 10. The van der Waals surface area contributed by atoms with Gasteiger partial charge >= 0.3 is 0 Å². The lowest BCUT2D eigenvalue weighted by Gasteiger charge is -2.33. The average Bonchev–Trinajstić information content (AvgIpc) is 3.32. The molecule has 1 saturated heterocycles. The van der Waals surface area contributed by atoms with E-state index in [1.165, 1.54) is 6.20 Å². The van der Waals surface area contributed by atoms with Gasteiger partial charge in [0.05, 0.1) is 40.4 Å². The molecule has 0 spiro atoms. The number of sulfone groups is 1. The summed E-state index contributed by atoms with van der Waals surface area (Å²) in [7, 11) is 0.257. The molecule has 0 bridgehead atoms. The van der Waals surface area contributed by atoms with Crippen LogP contribution in [0.5, 0.6) is 11.6 Å². The van der Waals surface area contributed by atoms with E-state index >= 15 is 0 Å². The van der Waals surface area contributed by atoms with Crippen molar-refractivity contribution in [2.75, 3.05) is 44.4 Å². The molecular weight excluding hydrogens is 654 g/mol. The predicted molar refractivity (Wildman–Crippen MR) is 188 cm³/mol. The summed E-state index contributed by atoms with van der Waals surface area (Å²) in [5.41, 5.74) is 0.926. The van der Waals surface area contributed by atoms with Crippen molar-refractivity contribution < 1.29 is 23.1 Å². The molecule has 14 heteroatoms. The van der Waals surface area contributed by atoms with Crippen LogP contribution in [0, 0.1) is 0 Å². The van der Waals surface area contributed by atoms with Gasteiger partial charge in [-0.3, -0.25) is 4.79 Å². The molecule has 48 heavy (non-hydrogen) atoms. The van der Waals surface area contributed by atoms with E-state index in [0.29, 0.717) is 55.0 Å². The number of benzene rings is 2. The summed E-state index contributed by atoms with van der Waals surface area (Å²) in [6.07, 6.45) is 6.90. The van der Waals surface area contributed by atoms with E-state index in [1.54, 1.807) is 30.3 Å². The molecule has 0 radical (unpaired) electrons. The molecule has 2 aromatic heterocycles. The van der Waals surface area contributed by atoms with Crippen molar-refractivity contribution in [3.05, 3.63) is 53.8 Å². The van der Waals surface area contributed by atoms with Crippen LogP contribution in [-0.2, 0) is 14.6 Å². The highest BCUT2D eigenvalue weighted by atomic mass is 35.5. The molecule has 3 heterocycles. The molecule has 1 amide bonds. The fraction of sp³-hybridized carbons (Fsp3) is 0.441. The Labute approximate surface area is 286 Å². The number of hydrogen-bond donors (Lipinski definition) is 3. The van der Waals surface area contributed by atoms with Gasteiger partial charge < -0.3 is 34.8 Å². The van der Waals surface area contributed by atoms with E-state index in [1.807, 2.05) is 54.6 Å². The number of fused-ring (bicyclic) bond motifs is 1. The van der Waals surface area contributed by atoms with E-state index in [9.17, 15) is 18.3 Å². The Hall–Kier alpha value is -4.07. The van der Waals surface area contributed by atoms with Crippen LogP contribution in [0.25, 0.3) is 10.8 Å². The van der Waals surface area contributed by atoms with E-state index in [0.717, 1.165) is 24.6 Å². The number of halogens is 1. The van der Waals surface area contributed by atoms with Crippen LogP contribution < -0.4 is 15.4 Å². The Morgan fingerprint density at radius 1 is 1.10 bits per heavy atom. The molecular formula is C34H42ClN7O5S. The predicted octanol–water partition coefficient (Wildman–Crippen LogP) is 6.12. The Bertz CT molecular complexity index is 1920. The van der Waals surface area contributed by atoms with Crippen LogP contribution >= 0.6 is 11.6 Å². The van der Waals surface area contributed by atoms with Crippen molar-refractivity contribution in [1.82, 2.24) is 24.3 Å². The monoisotopic (exact) mass is 695 g/mol. The first-order valence-corrected chi connectivity index (χ1v) is 18.2. The highest BCUT2D eigenvalue weighted by Crippen LogP contribution is 2.41. The number of likely N-dealkylation sites (N-methyl/N-ethyl adjacent to an activating group) is 1. The number of carbonyl (C=O) groups excluding carboxylic acids is 1. The van der Waals surface area contributed by atoms with Crippen LogP contribution in [0.15, 0.2) is 53.7 Å². The van der Waals surface area contributed by atoms with E-state index < -0.39 is 9.84 Å². The lowest BCUT2D eigenvalue weighted by molar-refractivity contribution is -0.133. The molecule has 2 aromatic carbocycles. The Morgan fingerprint density at radius 3 is 2.50 bits per heavy atom. The Kier molecular flexibility index (Phi) is 9.73. The molecule has 12 nitrogen and oxygen atoms in total. The van der Waals surface area contributed by atoms with Crippen molar-refractivity contribution in [2.24, 2.45) is 0 Å². The number of para-hydroxylation sites is 1.